The zero-order chi connectivity index (χ0) is 17.5. The number of amides is 1. The van der Waals surface area contributed by atoms with Crippen LogP contribution in [0.5, 0.6) is 0 Å². The summed E-state index contributed by atoms with van der Waals surface area (Å²) in [5.41, 5.74) is 1.71. The molecule has 2 heterocycles. The van der Waals surface area contributed by atoms with E-state index in [1.54, 1.807) is 12.3 Å². The van der Waals surface area contributed by atoms with Crippen molar-refractivity contribution < 1.29 is 4.79 Å². The molecule has 1 N–H and O–H groups in total. The normalized spacial score (nSPS) is 16.8. The van der Waals surface area contributed by atoms with Gasteiger partial charge in [0.1, 0.15) is 0 Å². The standard InChI is InChI=1S/C20H24ClN3O/c21-18-14-22-11-10-17(18)20(25)23-15-19(16-8-4-3-5-9-16)24-12-6-1-2-7-13-24/h3-5,8-11,14,19H,1-2,6-7,12-13,15H2,(H,23,25)/t19-/m0/s1. The number of hydrogen-bond donors (Lipinski definition) is 1. The van der Waals surface area contributed by atoms with Crippen molar-refractivity contribution in [3.05, 3.63) is 64.9 Å². The molecular formula is C20H24ClN3O. The lowest BCUT2D eigenvalue weighted by atomic mass is 10.0. The molecule has 1 aliphatic heterocycles. The molecule has 1 atom stereocenters. The fourth-order valence-corrected chi connectivity index (χ4v) is 3.59. The van der Waals surface area contributed by atoms with Crippen molar-refractivity contribution in [2.24, 2.45) is 0 Å². The number of rotatable bonds is 5. The third kappa shape index (κ3) is 4.80. The smallest absolute Gasteiger partial charge is 0.252 e. The Morgan fingerprint density at radius 3 is 2.52 bits per heavy atom. The summed E-state index contributed by atoms with van der Waals surface area (Å²) in [6.07, 6.45) is 8.10. The third-order valence-corrected chi connectivity index (χ3v) is 5.04. The molecule has 25 heavy (non-hydrogen) atoms. The highest BCUT2D eigenvalue weighted by molar-refractivity contribution is 6.33. The average molecular weight is 358 g/mol. The molecule has 4 nitrogen and oxygen atoms in total. The fraction of sp³-hybridized carbons (Fsp3) is 0.400. The first kappa shape index (κ1) is 17.9. The van der Waals surface area contributed by atoms with E-state index in [-0.39, 0.29) is 11.9 Å². The molecule has 0 radical (unpaired) electrons. The van der Waals surface area contributed by atoms with Crippen molar-refractivity contribution >= 4 is 17.5 Å². The topological polar surface area (TPSA) is 45.2 Å². The number of hydrogen-bond acceptors (Lipinski definition) is 3. The quantitative estimate of drug-likeness (QED) is 0.876. The first-order valence-corrected chi connectivity index (χ1v) is 9.30. The summed E-state index contributed by atoms with van der Waals surface area (Å²) < 4.78 is 0. The molecule has 0 bridgehead atoms. The molecule has 2 aromatic rings. The molecule has 5 heteroatoms. The average Bonchev–Trinajstić information content (AvgIpc) is 2.92. The molecule has 0 unspecified atom stereocenters. The Bertz CT molecular complexity index is 684. The number of nitrogens with one attached hydrogen (secondary N) is 1. The van der Waals surface area contributed by atoms with Crippen LogP contribution in [0.15, 0.2) is 48.8 Å². The maximum Gasteiger partial charge on any atom is 0.252 e. The van der Waals surface area contributed by atoms with Gasteiger partial charge in [-0.1, -0.05) is 54.8 Å². The van der Waals surface area contributed by atoms with Gasteiger partial charge in [0.15, 0.2) is 0 Å². The second-order valence-electron chi connectivity index (χ2n) is 6.44. The summed E-state index contributed by atoms with van der Waals surface area (Å²) in [5, 5.41) is 3.44. The Morgan fingerprint density at radius 1 is 1.12 bits per heavy atom. The number of likely N-dealkylation sites (tertiary alicyclic amines) is 1. The maximum atomic E-state index is 12.5. The van der Waals surface area contributed by atoms with Crippen LogP contribution in [0.3, 0.4) is 0 Å². The highest BCUT2D eigenvalue weighted by atomic mass is 35.5. The van der Waals surface area contributed by atoms with Crippen LogP contribution in [0.1, 0.15) is 47.6 Å². The van der Waals surface area contributed by atoms with Crippen molar-refractivity contribution in [3.63, 3.8) is 0 Å². The maximum absolute atomic E-state index is 12.5. The highest BCUT2D eigenvalue weighted by Crippen LogP contribution is 2.24. The van der Waals surface area contributed by atoms with Gasteiger partial charge in [0.05, 0.1) is 16.6 Å². The van der Waals surface area contributed by atoms with Gasteiger partial charge in [-0.05, 0) is 37.6 Å². The molecule has 0 saturated carbocycles. The van der Waals surface area contributed by atoms with Crippen LogP contribution < -0.4 is 5.32 Å². The monoisotopic (exact) mass is 357 g/mol. The van der Waals surface area contributed by atoms with Gasteiger partial charge in [0.2, 0.25) is 0 Å². The van der Waals surface area contributed by atoms with E-state index in [1.807, 2.05) is 6.07 Å². The minimum Gasteiger partial charge on any atom is -0.350 e. The predicted molar refractivity (Wildman–Crippen MR) is 101 cm³/mol. The summed E-state index contributed by atoms with van der Waals surface area (Å²) in [7, 11) is 0. The van der Waals surface area contributed by atoms with Gasteiger partial charge in [-0.3, -0.25) is 14.7 Å². The second kappa shape index (κ2) is 8.97. The molecular weight excluding hydrogens is 334 g/mol. The lowest BCUT2D eigenvalue weighted by Gasteiger charge is -2.31. The SMILES string of the molecule is O=C(NC[C@@H](c1ccccc1)N1CCCCCC1)c1ccncc1Cl. The molecule has 3 rings (SSSR count). The van der Waals surface area contributed by atoms with Gasteiger partial charge in [-0.15, -0.1) is 0 Å². The van der Waals surface area contributed by atoms with E-state index in [2.05, 4.69) is 39.5 Å². The van der Waals surface area contributed by atoms with Crippen LogP contribution in [0.2, 0.25) is 5.02 Å². The third-order valence-electron chi connectivity index (χ3n) is 4.74. The first-order valence-electron chi connectivity index (χ1n) is 8.92. The van der Waals surface area contributed by atoms with Gasteiger partial charge < -0.3 is 5.32 Å². The number of carbonyl (C=O) groups is 1. The summed E-state index contributed by atoms with van der Waals surface area (Å²) >= 11 is 6.09. The molecule has 0 aliphatic carbocycles. The Kier molecular flexibility index (Phi) is 6.42. The number of nitrogens with zero attached hydrogens (tertiary/aromatic N) is 2. The van der Waals surface area contributed by atoms with Gasteiger partial charge in [-0.2, -0.15) is 0 Å². The van der Waals surface area contributed by atoms with E-state index in [1.165, 1.54) is 37.4 Å². The number of aromatic nitrogens is 1. The predicted octanol–water partition coefficient (Wildman–Crippen LogP) is 4.08. The summed E-state index contributed by atoms with van der Waals surface area (Å²) in [6, 6.07) is 12.3. The molecule has 1 saturated heterocycles. The van der Waals surface area contributed by atoms with Crippen molar-refractivity contribution in [2.75, 3.05) is 19.6 Å². The number of benzene rings is 1. The van der Waals surface area contributed by atoms with E-state index in [4.69, 9.17) is 11.6 Å². The van der Waals surface area contributed by atoms with Crippen molar-refractivity contribution in [1.82, 2.24) is 15.2 Å². The van der Waals surface area contributed by atoms with Crippen LogP contribution in [-0.4, -0.2) is 35.4 Å². The Labute approximate surface area is 154 Å². The highest BCUT2D eigenvalue weighted by Gasteiger charge is 2.22. The van der Waals surface area contributed by atoms with Crippen molar-refractivity contribution in [3.8, 4) is 0 Å². The lowest BCUT2D eigenvalue weighted by Crippen LogP contribution is -2.38. The van der Waals surface area contributed by atoms with E-state index >= 15 is 0 Å². The number of halogens is 1. The lowest BCUT2D eigenvalue weighted by molar-refractivity contribution is 0.0933. The van der Waals surface area contributed by atoms with Crippen LogP contribution in [0, 0.1) is 0 Å². The van der Waals surface area contributed by atoms with Crippen LogP contribution >= 0.6 is 11.6 Å². The zero-order valence-electron chi connectivity index (χ0n) is 14.3. The number of carbonyl (C=O) groups excluding carboxylic acids is 1. The molecule has 1 aliphatic rings. The van der Waals surface area contributed by atoms with Crippen LogP contribution in [0.25, 0.3) is 0 Å². The Balaban J connectivity index is 1.73. The number of pyridine rings is 1. The summed E-state index contributed by atoms with van der Waals surface area (Å²) in [6.45, 7) is 2.72. The summed E-state index contributed by atoms with van der Waals surface area (Å²) in [4.78, 5) is 18.9. The molecule has 1 amide bonds. The minimum atomic E-state index is -0.150. The first-order chi connectivity index (χ1) is 12.3. The minimum absolute atomic E-state index is 0.150. The van der Waals surface area contributed by atoms with Gasteiger partial charge in [-0.25, -0.2) is 0 Å². The Morgan fingerprint density at radius 2 is 1.84 bits per heavy atom. The molecule has 1 aromatic heterocycles. The largest absolute Gasteiger partial charge is 0.350 e. The fourth-order valence-electron chi connectivity index (χ4n) is 3.38. The van der Waals surface area contributed by atoms with Crippen LogP contribution in [-0.2, 0) is 0 Å². The van der Waals surface area contributed by atoms with Crippen molar-refractivity contribution in [2.45, 2.75) is 31.7 Å². The van der Waals surface area contributed by atoms with E-state index in [0.717, 1.165) is 13.1 Å². The molecule has 1 aromatic carbocycles. The second-order valence-corrected chi connectivity index (χ2v) is 6.85. The molecule has 0 spiro atoms. The Hall–Kier alpha value is -1.91. The van der Waals surface area contributed by atoms with Gasteiger partial charge >= 0.3 is 0 Å². The van der Waals surface area contributed by atoms with Crippen molar-refractivity contribution in [1.29, 1.82) is 0 Å². The van der Waals surface area contributed by atoms with Crippen LogP contribution in [0.4, 0.5) is 0 Å². The molecule has 1 fully saturated rings. The van der Waals surface area contributed by atoms with E-state index in [9.17, 15) is 4.79 Å². The van der Waals surface area contributed by atoms with Gasteiger partial charge in [0.25, 0.3) is 5.91 Å². The molecule has 132 valence electrons. The van der Waals surface area contributed by atoms with E-state index in [0.29, 0.717) is 17.1 Å². The van der Waals surface area contributed by atoms with E-state index < -0.39 is 0 Å². The summed E-state index contributed by atoms with van der Waals surface area (Å²) in [5.74, 6) is -0.150. The van der Waals surface area contributed by atoms with Gasteiger partial charge in [0, 0.05) is 18.9 Å². The zero-order valence-corrected chi connectivity index (χ0v) is 15.1.